The first-order valence-corrected chi connectivity index (χ1v) is 9.41. The molecule has 6 heteroatoms. The van der Waals surface area contributed by atoms with E-state index < -0.39 is 0 Å². The van der Waals surface area contributed by atoms with E-state index in [2.05, 4.69) is 10.6 Å². The summed E-state index contributed by atoms with van der Waals surface area (Å²) in [5.41, 5.74) is 3.29. The molecule has 150 valence electrons. The predicted octanol–water partition coefficient (Wildman–Crippen LogP) is 4.08. The molecule has 2 amide bonds. The molecular weight excluding hydrogens is 378 g/mol. The zero-order valence-corrected chi connectivity index (χ0v) is 16.5. The van der Waals surface area contributed by atoms with Crippen molar-refractivity contribution in [1.82, 2.24) is 5.32 Å². The van der Waals surface area contributed by atoms with E-state index in [-0.39, 0.29) is 18.4 Å². The summed E-state index contributed by atoms with van der Waals surface area (Å²) in [6.45, 7) is 2.15. The number of carbonyl (C=O) groups is 2. The van der Waals surface area contributed by atoms with Crippen LogP contribution in [-0.4, -0.2) is 18.4 Å². The number of ether oxygens (including phenoxy) is 1. The molecule has 0 unspecified atom stereocenters. The van der Waals surface area contributed by atoms with Crippen molar-refractivity contribution < 1.29 is 14.3 Å². The predicted molar refractivity (Wildman–Crippen MR) is 114 cm³/mol. The van der Waals surface area contributed by atoms with E-state index in [0.717, 1.165) is 11.1 Å². The van der Waals surface area contributed by atoms with Gasteiger partial charge in [-0.3, -0.25) is 9.59 Å². The second kappa shape index (κ2) is 9.89. The number of benzene rings is 3. The summed E-state index contributed by atoms with van der Waals surface area (Å²) in [6.07, 6.45) is 0. The maximum absolute atomic E-state index is 12.6. The van der Waals surface area contributed by atoms with Crippen molar-refractivity contribution >= 4 is 17.5 Å². The Balaban J connectivity index is 1.66. The zero-order chi connectivity index (χ0) is 21.3. The lowest BCUT2D eigenvalue weighted by molar-refractivity contribution is 0.0949. The van der Waals surface area contributed by atoms with Gasteiger partial charge in [0.05, 0.1) is 0 Å². The topological polar surface area (TPSA) is 91.2 Å². The molecule has 0 atom stereocenters. The molecule has 6 nitrogen and oxygen atoms in total. The van der Waals surface area contributed by atoms with Crippen LogP contribution in [0.2, 0.25) is 0 Å². The number of carbonyl (C=O) groups excluding carboxylic acids is 2. The van der Waals surface area contributed by atoms with Crippen molar-refractivity contribution in [3.05, 3.63) is 95.1 Å². The Kier molecular flexibility index (Phi) is 6.80. The molecule has 30 heavy (non-hydrogen) atoms. The van der Waals surface area contributed by atoms with Gasteiger partial charge in [-0.1, -0.05) is 36.4 Å². The highest BCUT2D eigenvalue weighted by atomic mass is 16.5. The van der Waals surface area contributed by atoms with Crippen LogP contribution < -0.4 is 15.4 Å². The van der Waals surface area contributed by atoms with Gasteiger partial charge in [0, 0.05) is 23.4 Å². The highest BCUT2D eigenvalue weighted by molar-refractivity contribution is 6.05. The standard InChI is InChI=1S/C24H21N3O3/c1-17-10-11-20(15-22(17)27-24(29)19-7-3-2-4-8-19)23(28)26-16-18-6-5-9-21(14-18)30-13-12-25/h2-11,14-15H,13,16H2,1H3,(H,26,28)(H,27,29). The van der Waals surface area contributed by atoms with Crippen LogP contribution in [0.5, 0.6) is 5.75 Å². The molecule has 3 rings (SSSR count). The fraction of sp³-hybridized carbons (Fsp3) is 0.125. The van der Waals surface area contributed by atoms with Crippen LogP contribution in [0, 0.1) is 18.3 Å². The Hall–Kier alpha value is -4.11. The maximum atomic E-state index is 12.6. The minimum Gasteiger partial charge on any atom is -0.479 e. The maximum Gasteiger partial charge on any atom is 0.255 e. The number of aryl methyl sites for hydroxylation is 1. The first kappa shape index (κ1) is 20.6. The molecule has 0 spiro atoms. The molecule has 0 aliphatic carbocycles. The van der Waals surface area contributed by atoms with Gasteiger partial charge in [-0.25, -0.2) is 0 Å². The summed E-state index contributed by atoms with van der Waals surface area (Å²) in [5, 5.41) is 14.3. The fourth-order valence-corrected chi connectivity index (χ4v) is 2.83. The molecule has 0 bridgehead atoms. The Labute approximate surface area is 175 Å². The third-order valence-corrected chi connectivity index (χ3v) is 4.44. The Morgan fingerprint density at radius 3 is 2.50 bits per heavy atom. The Morgan fingerprint density at radius 2 is 1.73 bits per heavy atom. The van der Waals surface area contributed by atoms with E-state index in [1.807, 2.05) is 25.1 Å². The second-order valence-electron chi connectivity index (χ2n) is 6.63. The number of anilines is 1. The van der Waals surface area contributed by atoms with E-state index in [0.29, 0.717) is 29.1 Å². The lowest BCUT2D eigenvalue weighted by Gasteiger charge is -2.12. The van der Waals surface area contributed by atoms with Crippen molar-refractivity contribution in [3.8, 4) is 11.8 Å². The van der Waals surface area contributed by atoms with Crippen LogP contribution in [0.1, 0.15) is 31.8 Å². The van der Waals surface area contributed by atoms with E-state index in [1.165, 1.54) is 0 Å². The average molecular weight is 399 g/mol. The van der Waals surface area contributed by atoms with Crippen molar-refractivity contribution in [2.45, 2.75) is 13.5 Å². The molecule has 0 radical (unpaired) electrons. The number of hydrogen-bond acceptors (Lipinski definition) is 4. The third kappa shape index (κ3) is 5.46. The van der Waals surface area contributed by atoms with Gasteiger partial charge in [-0.05, 0) is 54.4 Å². The number of amides is 2. The van der Waals surface area contributed by atoms with Gasteiger partial charge in [-0.2, -0.15) is 5.26 Å². The van der Waals surface area contributed by atoms with Gasteiger partial charge in [0.2, 0.25) is 0 Å². The number of nitrogens with one attached hydrogen (secondary N) is 2. The Morgan fingerprint density at radius 1 is 0.933 bits per heavy atom. The normalized spacial score (nSPS) is 10.0. The minimum absolute atomic E-state index is 0.0311. The van der Waals surface area contributed by atoms with Crippen LogP contribution in [0.4, 0.5) is 5.69 Å². The lowest BCUT2D eigenvalue weighted by atomic mass is 10.1. The monoisotopic (exact) mass is 399 g/mol. The summed E-state index contributed by atoms with van der Waals surface area (Å²) in [4.78, 5) is 25.0. The molecule has 0 fully saturated rings. The van der Waals surface area contributed by atoms with Gasteiger partial charge in [-0.15, -0.1) is 0 Å². The smallest absolute Gasteiger partial charge is 0.255 e. The van der Waals surface area contributed by atoms with Crippen molar-refractivity contribution in [1.29, 1.82) is 5.26 Å². The van der Waals surface area contributed by atoms with E-state index >= 15 is 0 Å². The average Bonchev–Trinajstić information content (AvgIpc) is 2.78. The second-order valence-corrected chi connectivity index (χ2v) is 6.63. The molecule has 2 N–H and O–H groups in total. The van der Waals surface area contributed by atoms with E-state index in [9.17, 15) is 9.59 Å². The molecule has 3 aromatic rings. The van der Waals surface area contributed by atoms with Crippen LogP contribution >= 0.6 is 0 Å². The SMILES string of the molecule is Cc1ccc(C(=O)NCc2cccc(OCC#N)c2)cc1NC(=O)c1ccccc1. The highest BCUT2D eigenvalue weighted by Gasteiger charge is 2.11. The molecule has 0 heterocycles. The molecule has 0 aliphatic rings. The van der Waals surface area contributed by atoms with Gasteiger partial charge in [0.1, 0.15) is 11.8 Å². The molecule has 0 saturated heterocycles. The summed E-state index contributed by atoms with van der Waals surface area (Å²) in [5.74, 6) is 0.0866. The van der Waals surface area contributed by atoms with Gasteiger partial charge < -0.3 is 15.4 Å². The largest absolute Gasteiger partial charge is 0.479 e. The van der Waals surface area contributed by atoms with Crippen LogP contribution in [0.3, 0.4) is 0 Å². The first-order valence-electron chi connectivity index (χ1n) is 9.41. The molecule has 0 aliphatic heterocycles. The summed E-state index contributed by atoms with van der Waals surface area (Å²) in [6, 6.07) is 23.2. The van der Waals surface area contributed by atoms with Gasteiger partial charge >= 0.3 is 0 Å². The lowest BCUT2D eigenvalue weighted by Crippen LogP contribution is -2.23. The number of nitriles is 1. The first-order chi connectivity index (χ1) is 14.6. The van der Waals surface area contributed by atoms with Crippen LogP contribution in [0.25, 0.3) is 0 Å². The summed E-state index contributed by atoms with van der Waals surface area (Å²) in [7, 11) is 0. The van der Waals surface area contributed by atoms with Gasteiger partial charge in [0.15, 0.2) is 6.61 Å². The molecular formula is C24H21N3O3. The van der Waals surface area contributed by atoms with Crippen molar-refractivity contribution in [3.63, 3.8) is 0 Å². The molecule has 3 aromatic carbocycles. The van der Waals surface area contributed by atoms with Crippen molar-refractivity contribution in [2.24, 2.45) is 0 Å². The fourth-order valence-electron chi connectivity index (χ4n) is 2.83. The molecule has 0 aromatic heterocycles. The molecule has 0 saturated carbocycles. The van der Waals surface area contributed by atoms with Crippen molar-refractivity contribution in [2.75, 3.05) is 11.9 Å². The van der Waals surface area contributed by atoms with E-state index in [4.69, 9.17) is 10.00 Å². The van der Waals surface area contributed by atoms with Crippen LogP contribution in [0.15, 0.2) is 72.8 Å². The van der Waals surface area contributed by atoms with Crippen LogP contribution in [-0.2, 0) is 6.54 Å². The summed E-state index contributed by atoms with van der Waals surface area (Å²) >= 11 is 0. The third-order valence-electron chi connectivity index (χ3n) is 4.44. The summed E-state index contributed by atoms with van der Waals surface area (Å²) < 4.78 is 5.28. The zero-order valence-electron chi connectivity index (χ0n) is 16.5. The number of rotatable bonds is 7. The Bertz CT molecular complexity index is 1090. The highest BCUT2D eigenvalue weighted by Crippen LogP contribution is 2.19. The number of nitrogens with zero attached hydrogens (tertiary/aromatic N) is 1. The van der Waals surface area contributed by atoms with E-state index in [1.54, 1.807) is 60.7 Å². The number of hydrogen-bond donors (Lipinski definition) is 2. The quantitative estimate of drug-likeness (QED) is 0.626. The minimum atomic E-state index is -0.256. The van der Waals surface area contributed by atoms with Gasteiger partial charge in [0.25, 0.3) is 11.8 Å².